The summed E-state index contributed by atoms with van der Waals surface area (Å²) in [4.78, 5) is 13.8. The lowest BCUT2D eigenvalue weighted by Crippen LogP contribution is -2.56. The Morgan fingerprint density at radius 2 is 2.12 bits per heavy atom. The first-order chi connectivity index (χ1) is 7.90. The van der Waals surface area contributed by atoms with Crippen LogP contribution in [0.5, 0.6) is 0 Å². The van der Waals surface area contributed by atoms with Crippen LogP contribution in [0.25, 0.3) is 0 Å². The number of carboxylic acids is 1. The molecule has 0 aromatic heterocycles. The second kappa shape index (κ2) is 4.25. The minimum Gasteiger partial charge on any atom is -0.481 e. The van der Waals surface area contributed by atoms with E-state index in [1.807, 2.05) is 11.9 Å². The Kier molecular flexibility index (Phi) is 3.21. The first kappa shape index (κ1) is 12.8. The quantitative estimate of drug-likeness (QED) is 0.766. The van der Waals surface area contributed by atoms with Crippen LogP contribution in [0.3, 0.4) is 0 Å². The fraction of sp³-hybridized carbons (Fsp3) is 0.923. The molecule has 3 unspecified atom stereocenters. The van der Waals surface area contributed by atoms with E-state index in [1.165, 1.54) is 0 Å². The molecule has 2 fully saturated rings. The van der Waals surface area contributed by atoms with Crippen molar-refractivity contribution in [2.75, 3.05) is 20.1 Å². The van der Waals surface area contributed by atoms with Gasteiger partial charge in [-0.15, -0.1) is 0 Å². The number of likely N-dealkylation sites (N-methyl/N-ethyl adjacent to an activating group) is 1. The largest absolute Gasteiger partial charge is 0.481 e. The van der Waals surface area contributed by atoms with Gasteiger partial charge in [0.2, 0.25) is 0 Å². The molecular weight excluding hydrogens is 218 g/mol. The third kappa shape index (κ3) is 1.97. The van der Waals surface area contributed by atoms with Crippen molar-refractivity contribution in [2.24, 2.45) is 11.3 Å². The van der Waals surface area contributed by atoms with Crippen molar-refractivity contribution in [1.82, 2.24) is 4.90 Å². The van der Waals surface area contributed by atoms with Crippen LogP contribution in [0, 0.1) is 11.3 Å². The second-order valence-electron chi connectivity index (χ2n) is 6.11. The first-order valence-electron chi connectivity index (χ1n) is 6.54. The van der Waals surface area contributed by atoms with E-state index in [-0.39, 0.29) is 0 Å². The number of likely N-dealkylation sites (tertiary alicyclic amines) is 1. The Morgan fingerprint density at radius 3 is 2.59 bits per heavy atom. The van der Waals surface area contributed by atoms with E-state index < -0.39 is 17.0 Å². The van der Waals surface area contributed by atoms with Crippen molar-refractivity contribution in [3.63, 3.8) is 0 Å². The van der Waals surface area contributed by atoms with Crippen LogP contribution in [0.4, 0.5) is 0 Å². The van der Waals surface area contributed by atoms with Gasteiger partial charge in [-0.2, -0.15) is 0 Å². The highest BCUT2D eigenvalue weighted by molar-refractivity contribution is 5.76. The van der Waals surface area contributed by atoms with Crippen molar-refractivity contribution < 1.29 is 15.0 Å². The standard InChI is InChI=1S/C13H23NO3/c1-10-4-3-5-12(8-10,11(15)16)13(17)6-7-14(2)9-13/h10,17H,3-9H2,1-2H3,(H,15,16). The zero-order valence-corrected chi connectivity index (χ0v) is 10.8. The summed E-state index contributed by atoms with van der Waals surface area (Å²) in [6, 6.07) is 0. The third-order valence-electron chi connectivity index (χ3n) is 4.74. The van der Waals surface area contributed by atoms with Gasteiger partial charge >= 0.3 is 5.97 Å². The maximum absolute atomic E-state index is 11.7. The SMILES string of the molecule is CC1CCCC(C(=O)O)(C2(O)CCN(C)C2)C1. The van der Waals surface area contributed by atoms with Gasteiger partial charge < -0.3 is 15.1 Å². The number of aliphatic hydroxyl groups is 1. The van der Waals surface area contributed by atoms with Crippen LogP contribution in [0.1, 0.15) is 39.0 Å². The third-order valence-corrected chi connectivity index (χ3v) is 4.74. The van der Waals surface area contributed by atoms with Crippen LogP contribution >= 0.6 is 0 Å². The fourth-order valence-corrected chi connectivity index (χ4v) is 3.74. The molecule has 0 radical (unpaired) electrons. The van der Waals surface area contributed by atoms with E-state index in [0.717, 1.165) is 19.4 Å². The Morgan fingerprint density at radius 1 is 1.41 bits per heavy atom. The number of rotatable bonds is 2. The fourth-order valence-electron chi connectivity index (χ4n) is 3.74. The van der Waals surface area contributed by atoms with Gasteiger partial charge in [0.25, 0.3) is 0 Å². The zero-order chi connectivity index (χ0) is 12.7. The van der Waals surface area contributed by atoms with Crippen molar-refractivity contribution in [3.8, 4) is 0 Å². The summed E-state index contributed by atoms with van der Waals surface area (Å²) in [5, 5.41) is 20.4. The van der Waals surface area contributed by atoms with Crippen molar-refractivity contribution in [3.05, 3.63) is 0 Å². The molecule has 1 aliphatic carbocycles. The number of aliphatic carboxylic acids is 1. The van der Waals surface area contributed by atoms with Gasteiger partial charge in [-0.25, -0.2) is 0 Å². The van der Waals surface area contributed by atoms with Gasteiger partial charge in [-0.05, 0) is 32.2 Å². The van der Waals surface area contributed by atoms with E-state index in [0.29, 0.717) is 31.7 Å². The number of hydrogen-bond donors (Lipinski definition) is 2. The molecule has 3 atom stereocenters. The summed E-state index contributed by atoms with van der Waals surface area (Å²) in [6.45, 7) is 3.38. The average Bonchev–Trinajstić information content (AvgIpc) is 2.59. The molecule has 17 heavy (non-hydrogen) atoms. The summed E-state index contributed by atoms with van der Waals surface area (Å²) in [7, 11) is 1.94. The molecule has 1 saturated heterocycles. The van der Waals surface area contributed by atoms with E-state index in [4.69, 9.17) is 0 Å². The van der Waals surface area contributed by atoms with E-state index >= 15 is 0 Å². The number of carboxylic acid groups (broad SMARTS) is 1. The highest BCUT2D eigenvalue weighted by Crippen LogP contribution is 2.50. The van der Waals surface area contributed by atoms with Crippen molar-refractivity contribution in [1.29, 1.82) is 0 Å². The number of nitrogens with zero attached hydrogens (tertiary/aromatic N) is 1. The van der Waals surface area contributed by atoms with Crippen LogP contribution in [-0.4, -0.2) is 46.8 Å². The van der Waals surface area contributed by atoms with Gasteiger partial charge in [0, 0.05) is 13.1 Å². The van der Waals surface area contributed by atoms with E-state index in [1.54, 1.807) is 0 Å². The molecule has 4 heteroatoms. The minimum absolute atomic E-state index is 0.398. The predicted molar refractivity (Wildman–Crippen MR) is 64.8 cm³/mol. The summed E-state index contributed by atoms with van der Waals surface area (Å²) in [6.07, 6.45) is 3.83. The highest BCUT2D eigenvalue weighted by atomic mass is 16.4. The van der Waals surface area contributed by atoms with Crippen LogP contribution < -0.4 is 0 Å². The van der Waals surface area contributed by atoms with Gasteiger partial charge in [0.15, 0.2) is 0 Å². The summed E-state index contributed by atoms with van der Waals surface area (Å²) >= 11 is 0. The molecule has 0 bridgehead atoms. The van der Waals surface area contributed by atoms with Crippen LogP contribution in [0.15, 0.2) is 0 Å². The molecule has 4 nitrogen and oxygen atoms in total. The van der Waals surface area contributed by atoms with Gasteiger partial charge in [0.1, 0.15) is 0 Å². The van der Waals surface area contributed by atoms with Crippen molar-refractivity contribution >= 4 is 5.97 Å². The van der Waals surface area contributed by atoms with Crippen LogP contribution in [0.2, 0.25) is 0 Å². The van der Waals surface area contributed by atoms with Gasteiger partial charge in [-0.3, -0.25) is 4.79 Å². The molecule has 0 amide bonds. The predicted octanol–water partition coefficient (Wildman–Crippen LogP) is 1.33. The lowest BCUT2D eigenvalue weighted by Gasteiger charge is -2.46. The molecule has 98 valence electrons. The molecule has 0 aromatic carbocycles. The Hall–Kier alpha value is -0.610. The van der Waals surface area contributed by atoms with Gasteiger partial charge in [0.05, 0.1) is 11.0 Å². The van der Waals surface area contributed by atoms with Crippen molar-refractivity contribution in [2.45, 2.75) is 44.6 Å². The Bertz CT molecular complexity index is 320. The molecule has 1 heterocycles. The molecule has 1 saturated carbocycles. The normalized spacial score (nSPS) is 43.8. The lowest BCUT2D eigenvalue weighted by molar-refractivity contribution is -0.175. The molecular formula is C13H23NO3. The molecule has 2 aliphatic rings. The van der Waals surface area contributed by atoms with E-state index in [9.17, 15) is 15.0 Å². The topological polar surface area (TPSA) is 60.8 Å². The number of β-amino-alcohol motifs (C(OH)–C–C–N with tert-alkyl or cyclic N) is 1. The number of carbonyl (C=O) groups is 1. The monoisotopic (exact) mass is 241 g/mol. The Labute approximate surface area is 103 Å². The Balaban J connectivity index is 2.31. The van der Waals surface area contributed by atoms with Crippen LogP contribution in [-0.2, 0) is 4.79 Å². The number of hydrogen-bond acceptors (Lipinski definition) is 3. The molecule has 0 aromatic rings. The second-order valence-corrected chi connectivity index (χ2v) is 6.11. The maximum atomic E-state index is 11.7. The molecule has 1 aliphatic heterocycles. The summed E-state index contributed by atoms with van der Waals surface area (Å²) in [5.74, 6) is -0.406. The lowest BCUT2D eigenvalue weighted by atomic mass is 9.60. The summed E-state index contributed by atoms with van der Waals surface area (Å²) < 4.78 is 0. The highest BCUT2D eigenvalue weighted by Gasteiger charge is 2.58. The summed E-state index contributed by atoms with van der Waals surface area (Å²) in [5.41, 5.74) is -1.96. The maximum Gasteiger partial charge on any atom is 0.312 e. The molecule has 2 N–H and O–H groups in total. The van der Waals surface area contributed by atoms with E-state index in [2.05, 4.69) is 6.92 Å². The minimum atomic E-state index is -1.04. The average molecular weight is 241 g/mol. The molecule has 2 rings (SSSR count). The smallest absolute Gasteiger partial charge is 0.312 e. The molecule has 0 spiro atoms. The van der Waals surface area contributed by atoms with Gasteiger partial charge in [-0.1, -0.05) is 19.8 Å². The zero-order valence-electron chi connectivity index (χ0n) is 10.8. The first-order valence-corrected chi connectivity index (χ1v) is 6.54.